The lowest BCUT2D eigenvalue weighted by Gasteiger charge is -2.31. The van der Waals surface area contributed by atoms with Crippen molar-refractivity contribution in [2.45, 2.75) is 53.1 Å². The maximum Gasteiger partial charge on any atom is 0.242 e. The first-order valence-corrected chi connectivity index (χ1v) is 10.5. The number of fused-ring (bicyclic) bond motifs is 1. The molecule has 2 aromatic rings. The van der Waals surface area contributed by atoms with Crippen molar-refractivity contribution in [1.29, 1.82) is 0 Å². The van der Waals surface area contributed by atoms with Crippen LogP contribution in [0.4, 0.5) is 5.82 Å². The Kier molecular flexibility index (Phi) is 6.97. The summed E-state index contributed by atoms with van der Waals surface area (Å²) in [5, 5.41) is 7.34. The van der Waals surface area contributed by atoms with Crippen LogP contribution < -0.4 is 19.7 Å². The molecule has 3 rings (SSSR count). The third-order valence-electron chi connectivity index (χ3n) is 5.02. The number of rotatable bonds is 9. The van der Waals surface area contributed by atoms with E-state index in [4.69, 9.17) is 9.47 Å². The van der Waals surface area contributed by atoms with Gasteiger partial charge in [-0.25, -0.2) is 4.68 Å². The summed E-state index contributed by atoms with van der Waals surface area (Å²) >= 11 is 0. The Balaban J connectivity index is 1.61. The van der Waals surface area contributed by atoms with Gasteiger partial charge in [0.2, 0.25) is 11.8 Å². The second-order valence-electron chi connectivity index (χ2n) is 7.24. The topological polar surface area (TPSA) is 85.7 Å². The molecule has 1 N–H and O–H groups in total. The number of nitrogens with one attached hydrogen (secondary N) is 1. The highest BCUT2D eigenvalue weighted by Crippen LogP contribution is 2.29. The minimum Gasteiger partial charge on any atom is -0.490 e. The molecule has 30 heavy (non-hydrogen) atoms. The fraction of sp³-hybridized carbons (Fsp3) is 0.500. The quantitative estimate of drug-likeness (QED) is 0.681. The fourth-order valence-electron chi connectivity index (χ4n) is 3.60. The third kappa shape index (κ3) is 4.75. The molecule has 1 aromatic heterocycles. The molecule has 0 saturated carbocycles. The molecule has 1 aromatic carbocycles. The molecule has 0 saturated heterocycles. The van der Waals surface area contributed by atoms with Crippen molar-refractivity contribution < 1.29 is 19.1 Å². The first kappa shape index (κ1) is 21.7. The molecule has 0 radical (unpaired) electrons. The standard InChI is InChI=1S/C22H30N4O4/c1-5-29-18-8-7-17(14-19(18)30-6-2)9-11-23-22(28)16(4)26-20-13-15(3)24-25(20)12-10-21(26)27/h7-8,13-14,16H,5-6,9-12H2,1-4H3,(H,23,28). The summed E-state index contributed by atoms with van der Waals surface area (Å²) < 4.78 is 13.0. The number of hydrogen-bond acceptors (Lipinski definition) is 5. The van der Waals surface area contributed by atoms with Gasteiger partial charge in [0, 0.05) is 19.0 Å². The van der Waals surface area contributed by atoms with Crippen LogP contribution in [-0.4, -0.2) is 47.4 Å². The van der Waals surface area contributed by atoms with Crippen molar-refractivity contribution in [3.05, 3.63) is 35.5 Å². The zero-order valence-corrected chi connectivity index (χ0v) is 18.1. The first-order chi connectivity index (χ1) is 14.4. The lowest BCUT2D eigenvalue weighted by atomic mass is 10.1. The molecular weight excluding hydrogens is 384 g/mol. The normalized spacial score (nSPS) is 14.3. The van der Waals surface area contributed by atoms with Crippen molar-refractivity contribution in [2.24, 2.45) is 0 Å². The third-order valence-corrected chi connectivity index (χ3v) is 5.02. The van der Waals surface area contributed by atoms with E-state index in [9.17, 15) is 9.59 Å². The molecule has 1 atom stereocenters. The maximum atomic E-state index is 12.7. The van der Waals surface area contributed by atoms with Crippen molar-refractivity contribution in [3.63, 3.8) is 0 Å². The maximum absolute atomic E-state index is 12.7. The predicted octanol–water partition coefficient (Wildman–Crippen LogP) is 2.47. The average Bonchev–Trinajstić information content (AvgIpc) is 3.09. The number of anilines is 1. The highest BCUT2D eigenvalue weighted by atomic mass is 16.5. The van der Waals surface area contributed by atoms with E-state index in [-0.39, 0.29) is 11.8 Å². The molecule has 2 amide bonds. The van der Waals surface area contributed by atoms with Crippen molar-refractivity contribution >= 4 is 17.6 Å². The Morgan fingerprint density at radius 2 is 1.93 bits per heavy atom. The summed E-state index contributed by atoms with van der Waals surface area (Å²) in [6.45, 7) is 9.62. The van der Waals surface area contributed by atoms with Gasteiger partial charge in [-0.05, 0) is 51.8 Å². The van der Waals surface area contributed by atoms with Crippen LogP contribution in [-0.2, 0) is 22.6 Å². The molecule has 1 unspecified atom stereocenters. The van der Waals surface area contributed by atoms with Crippen molar-refractivity contribution in [1.82, 2.24) is 15.1 Å². The van der Waals surface area contributed by atoms with Gasteiger partial charge >= 0.3 is 0 Å². The number of carbonyl (C=O) groups excluding carboxylic acids is 2. The number of nitrogens with zero attached hydrogens (tertiary/aromatic N) is 3. The summed E-state index contributed by atoms with van der Waals surface area (Å²) in [6.07, 6.45) is 0.994. The Hall–Kier alpha value is -3.03. The Morgan fingerprint density at radius 3 is 2.67 bits per heavy atom. The number of hydrogen-bond donors (Lipinski definition) is 1. The molecule has 1 aliphatic heterocycles. The van der Waals surface area contributed by atoms with E-state index >= 15 is 0 Å². The van der Waals surface area contributed by atoms with Gasteiger partial charge in [-0.2, -0.15) is 5.10 Å². The summed E-state index contributed by atoms with van der Waals surface area (Å²) in [5.74, 6) is 1.86. The minimum atomic E-state index is -0.605. The molecular formula is C22H30N4O4. The fourth-order valence-corrected chi connectivity index (χ4v) is 3.60. The number of benzene rings is 1. The lowest BCUT2D eigenvalue weighted by molar-refractivity contribution is -0.126. The average molecular weight is 415 g/mol. The summed E-state index contributed by atoms with van der Waals surface area (Å²) in [6, 6.07) is 7.05. The number of ether oxygens (including phenoxy) is 2. The minimum absolute atomic E-state index is 0.0575. The van der Waals surface area contributed by atoms with Gasteiger partial charge < -0.3 is 14.8 Å². The molecule has 0 aliphatic carbocycles. The van der Waals surface area contributed by atoms with Crippen molar-refractivity contribution in [3.8, 4) is 11.5 Å². The Bertz CT molecular complexity index is 909. The summed E-state index contributed by atoms with van der Waals surface area (Å²) in [4.78, 5) is 26.7. The predicted molar refractivity (Wildman–Crippen MR) is 114 cm³/mol. The second-order valence-corrected chi connectivity index (χ2v) is 7.24. The van der Waals surface area contributed by atoms with Crippen LogP contribution >= 0.6 is 0 Å². The van der Waals surface area contributed by atoms with Crippen LogP contribution in [0, 0.1) is 6.92 Å². The van der Waals surface area contributed by atoms with Crippen LogP contribution in [0.15, 0.2) is 24.3 Å². The van der Waals surface area contributed by atoms with Crippen LogP contribution in [0.5, 0.6) is 11.5 Å². The second kappa shape index (κ2) is 9.65. The molecule has 0 fully saturated rings. The summed E-state index contributed by atoms with van der Waals surface area (Å²) in [7, 11) is 0. The SMILES string of the molecule is CCOc1ccc(CCNC(=O)C(C)N2C(=O)CCn3nc(C)cc32)cc1OCC. The molecule has 0 bridgehead atoms. The number of aryl methyl sites for hydroxylation is 2. The number of aromatic nitrogens is 2. The highest BCUT2D eigenvalue weighted by molar-refractivity contribution is 6.00. The number of amides is 2. The zero-order chi connectivity index (χ0) is 21.7. The van der Waals surface area contributed by atoms with Gasteiger partial charge in [-0.1, -0.05) is 6.07 Å². The largest absolute Gasteiger partial charge is 0.490 e. The van der Waals surface area contributed by atoms with E-state index in [2.05, 4.69) is 10.4 Å². The van der Waals surface area contributed by atoms with E-state index in [1.54, 1.807) is 16.5 Å². The smallest absolute Gasteiger partial charge is 0.242 e. The van der Waals surface area contributed by atoms with Gasteiger partial charge in [0.1, 0.15) is 11.9 Å². The van der Waals surface area contributed by atoms with E-state index in [1.165, 1.54) is 0 Å². The van der Waals surface area contributed by atoms with E-state index in [0.717, 1.165) is 17.0 Å². The summed E-state index contributed by atoms with van der Waals surface area (Å²) in [5.41, 5.74) is 1.87. The van der Waals surface area contributed by atoms with E-state index in [1.807, 2.05) is 45.0 Å². The first-order valence-electron chi connectivity index (χ1n) is 10.5. The van der Waals surface area contributed by atoms with Gasteiger partial charge in [0.05, 0.1) is 25.5 Å². The van der Waals surface area contributed by atoms with Gasteiger partial charge in [-0.3, -0.25) is 14.5 Å². The molecule has 2 heterocycles. The Labute approximate surface area is 177 Å². The van der Waals surface area contributed by atoms with Gasteiger partial charge in [-0.15, -0.1) is 0 Å². The molecule has 162 valence electrons. The lowest BCUT2D eigenvalue weighted by Crippen LogP contribution is -2.51. The van der Waals surface area contributed by atoms with Crippen molar-refractivity contribution in [2.75, 3.05) is 24.7 Å². The highest BCUT2D eigenvalue weighted by Gasteiger charge is 2.32. The molecule has 8 nitrogen and oxygen atoms in total. The monoisotopic (exact) mass is 414 g/mol. The van der Waals surface area contributed by atoms with Crippen LogP contribution in [0.2, 0.25) is 0 Å². The zero-order valence-electron chi connectivity index (χ0n) is 18.1. The van der Waals surface area contributed by atoms with Gasteiger partial charge in [0.25, 0.3) is 0 Å². The van der Waals surface area contributed by atoms with Crippen LogP contribution in [0.1, 0.15) is 38.4 Å². The van der Waals surface area contributed by atoms with Crippen LogP contribution in [0.3, 0.4) is 0 Å². The molecule has 1 aliphatic rings. The Morgan fingerprint density at radius 1 is 1.20 bits per heavy atom. The molecule has 8 heteroatoms. The van der Waals surface area contributed by atoms with E-state index < -0.39 is 6.04 Å². The van der Waals surface area contributed by atoms with Gasteiger partial charge in [0.15, 0.2) is 11.5 Å². The number of carbonyl (C=O) groups is 2. The van der Waals surface area contributed by atoms with Crippen LogP contribution in [0.25, 0.3) is 0 Å². The molecule has 0 spiro atoms. The van der Waals surface area contributed by atoms with E-state index in [0.29, 0.717) is 50.7 Å².